The highest BCUT2D eigenvalue weighted by molar-refractivity contribution is 5.81. The van der Waals surface area contributed by atoms with E-state index in [-0.39, 0.29) is 11.8 Å². The van der Waals surface area contributed by atoms with Crippen LogP contribution in [0.4, 0.5) is 0 Å². The molecule has 5 nitrogen and oxygen atoms in total. The molecule has 3 aromatic rings. The van der Waals surface area contributed by atoms with Crippen molar-refractivity contribution < 1.29 is 14.6 Å². The van der Waals surface area contributed by atoms with E-state index < -0.39 is 5.97 Å². The number of ether oxygens (including phenoxy) is 1. The number of carbonyl (C=O) groups is 1. The number of pyridine rings is 1. The first-order valence-electron chi connectivity index (χ1n) is 7.95. The van der Waals surface area contributed by atoms with Crippen LogP contribution in [0.2, 0.25) is 0 Å². The van der Waals surface area contributed by atoms with Crippen molar-refractivity contribution in [1.82, 2.24) is 4.57 Å². The summed E-state index contributed by atoms with van der Waals surface area (Å²) in [6.07, 6.45) is 1.36. The number of aliphatic carboxylic acids is 1. The topological polar surface area (TPSA) is 68.5 Å². The molecule has 0 atom stereocenters. The molecule has 0 amide bonds. The molecule has 0 aliphatic rings. The second kappa shape index (κ2) is 6.81. The molecule has 0 fully saturated rings. The smallest absolute Gasteiger partial charge is 0.308 e. The number of methoxy groups -OCH3 is 1. The van der Waals surface area contributed by atoms with Crippen molar-refractivity contribution in [1.29, 1.82) is 0 Å². The van der Waals surface area contributed by atoms with Crippen molar-refractivity contribution >= 4 is 16.9 Å². The Labute approximate surface area is 145 Å². The van der Waals surface area contributed by atoms with Gasteiger partial charge in [-0.1, -0.05) is 23.8 Å². The predicted molar refractivity (Wildman–Crippen MR) is 96.4 cm³/mol. The number of benzene rings is 2. The number of nitrogens with zero attached hydrogens (tertiary/aromatic N) is 1. The summed E-state index contributed by atoms with van der Waals surface area (Å²) >= 11 is 0. The minimum Gasteiger partial charge on any atom is -0.497 e. The van der Waals surface area contributed by atoms with Gasteiger partial charge in [0, 0.05) is 23.7 Å². The average molecular weight is 337 g/mol. The summed E-state index contributed by atoms with van der Waals surface area (Å²) < 4.78 is 7.09. The highest BCUT2D eigenvalue weighted by Gasteiger charge is 2.12. The van der Waals surface area contributed by atoms with Crippen LogP contribution in [-0.4, -0.2) is 22.8 Å². The Morgan fingerprint density at radius 1 is 1.16 bits per heavy atom. The molecule has 1 aromatic heterocycles. The van der Waals surface area contributed by atoms with E-state index in [1.54, 1.807) is 13.3 Å². The lowest BCUT2D eigenvalue weighted by atomic mass is 10.1. The van der Waals surface area contributed by atoms with Crippen LogP contribution in [0.3, 0.4) is 0 Å². The minimum absolute atomic E-state index is 0.216. The Morgan fingerprint density at radius 3 is 2.52 bits per heavy atom. The largest absolute Gasteiger partial charge is 0.497 e. The van der Waals surface area contributed by atoms with Gasteiger partial charge >= 0.3 is 5.97 Å². The van der Waals surface area contributed by atoms with Crippen LogP contribution in [-0.2, 0) is 17.8 Å². The van der Waals surface area contributed by atoms with E-state index in [0.29, 0.717) is 17.5 Å². The zero-order valence-electron chi connectivity index (χ0n) is 14.2. The van der Waals surface area contributed by atoms with E-state index in [0.717, 1.165) is 22.4 Å². The van der Waals surface area contributed by atoms with Gasteiger partial charge in [-0.05, 0) is 36.8 Å². The molecule has 25 heavy (non-hydrogen) atoms. The first kappa shape index (κ1) is 16.8. The van der Waals surface area contributed by atoms with Gasteiger partial charge in [-0.25, -0.2) is 0 Å². The molecule has 0 spiro atoms. The molecule has 0 saturated heterocycles. The number of carboxylic acid groups (broad SMARTS) is 1. The molecule has 1 heterocycles. The van der Waals surface area contributed by atoms with Gasteiger partial charge in [-0.15, -0.1) is 0 Å². The number of carboxylic acids is 1. The van der Waals surface area contributed by atoms with Crippen LogP contribution in [0.25, 0.3) is 10.9 Å². The number of rotatable bonds is 5. The van der Waals surface area contributed by atoms with Crippen molar-refractivity contribution in [3.63, 3.8) is 0 Å². The fraction of sp³-hybridized carbons (Fsp3) is 0.200. The fourth-order valence-electron chi connectivity index (χ4n) is 2.92. The molecule has 0 unspecified atom stereocenters. The summed E-state index contributed by atoms with van der Waals surface area (Å²) in [6, 6.07) is 13.3. The van der Waals surface area contributed by atoms with Gasteiger partial charge in [0.25, 0.3) is 0 Å². The zero-order valence-corrected chi connectivity index (χ0v) is 14.2. The third-order valence-electron chi connectivity index (χ3n) is 4.16. The number of hydrogen-bond donors (Lipinski definition) is 1. The maximum atomic E-state index is 12.6. The molecular formula is C20H19NO4. The molecular weight excluding hydrogens is 318 g/mol. The summed E-state index contributed by atoms with van der Waals surface area (Å²) in [5, 5.41) is 9.64. The van der Waals surface area contributed by atoms with Crippen LogP contribution in [0, 0.1) is 6.92 Å². The van der Waals surface area contributed by atoms with E-state index in [1.165, 1.54) is 0 Å². The molecule has 0 radical (unpaired) electrons. The minimum atomic E-state index is -1.01. The Bertz CT molecular complexity index is 987. The lowest BCUT2D eigenvalue weighted by molar-refractivity contribution is -0.136. The summed E-state index contributed by atoms with van der Waals surface area (Å²) in [5.74, 6) is -0.240. The van der Waals surface area contributed by atoms with E-state index in [1.807, 2.05) is 54.0 Å². The first-order valence-corrected chi connectivity index (χ1v) is 7.95. The van der Waals surface area contributed by atoms with Crippen molar-refractivity contribution in [3.8, 4) is 5.75 Å². The normalized spacial score (nSPS) is 10.8. The molecule has 3 rings (SSSR count). The van der Waals surface area contributed by atoms with Gasteiger partial charge in [-0.2, -0.15) is 0 Å². The molecule has 1 N–H and O–H groups in total. The number of aryl methyl sites for hydroxylation is 1. The van der Waals surface area contributed by atoms with Crippen LogP contribution >= 0.6 is 0 Å². The van der Waals surface area contributed by atoms with Crippen molar-refractivity contribution in [3.05, 3.63) is 75.6 Å². The molecule has 5 heteroatoms. The molecule has 0 aliphatic carbocycles. The van der Waals surface area contributed by atoms with Gasteiger partial charge in [0.05, 0.1) is 19.0 Å². The van der Waals surface area contributed by atoms with Gasteiger partial charge in [-0.3, -0.25) is 9.59 Å². The predicted octanol–water partition coefficient (Wildman–Crippen LogP) is 2.99. The van der Waals surface area contributed by atoms with Gasteiger partial charge in [0.1, 0.15) is 5.75 Å². The maximum Gasteiger partial charge on any atom is 0.308 e. The Hall–Kier alpha value is -3.08. The zero-order chi connectivity index (χ0) is 18.0. The van der Waals surface area contributed by atoms with Crippen LogP contribution in [0.15, 0.2) is 53.5 Å². The Kier molecular flexibility index (Phi) is 4.57. The van der Waals surface area contributed by atoms with Crippen molar-refractivity contribution in [2.45, 2.75) is 19.9 Å². The Morgan fingerprint density at radius 2 is 1.88 bits per heavy atom. The summed E-state index contributed by atoms with van der Waals surface area (Å²) in [4.78, 5) is 23.7. The second-order valence-corrected chi connectivity index (χ2v) is 6.05. The maximum absolute atomic E-state index is 12.6. The fourth-order valence-corrected chi connectivity index (χ4v) is 2.92. The van der Waals surface area contributed by atoms with Crippen LogP contribution in [0.5, 0.6) is 5.75 Å². The van der Waals surface area contributed by atoms with Crippen molar-refractivity contribution in [2.75, 3.05) is 7.11 Å². The van der Waals surface area contributed by atoms with Crippen LogP contribution in [0.1, 0.15) is 16.7 Å². The Balaban J connectivity index is 2.13. The third-order valence-corrected chi connectivity index (χ3v) is 4.16. The highest BCUT2D eigenvalue weighted by atomic mass is 16.5. The molecule has 128 valence electrons. The molecule has 2 aromatic carbocycles. The lowest BCUT2D eigenvalue weighted by Gasteiger charge is -2.14. The van der Waals surface area contributed by atoms with E-state index >= 15 is 0 Å². The van der Waals surface area contributed by atoms with Gasteiger partial charge < -0.3 is 14.4 Å². The summed E-state index contributed by atoms with van der Waals surface area (Å²) in [7, 11) is 1.62. The number of hydrogen-bond acceptors (Lipinski definition) is 3. The molecule has 0 aliphatic heterocycles. The summed E-state index contributed by atoms with van der Waals surface area (Å²) in [5.41, 5.74) is 2.87. The number of fused-ring (bicyclic) bond motifs is 1. The average Bonchev–Trinajstić information content (AvgIpc) is 2.59. The van der Waals surface area contributed by atoms with Crippen molar-refractivity contribution in [2.24, 2.45) is 0 Å². The molecule has 0 bridgehead atoms. The molecule has 0 saturated carbocycles. The monoisotopic (exact) mass is 337 g/mol. The lowest BCUT2D eigenvalue weighted by Crippen LogP contribution is -2.18. The SMILES string of the molecule is COc1ccc(Cn2cc(CC(=O)O)c(=O)c3cc(C)ccc32)cc1. The van der Waals surface area contributed by atoms with Gasteiger partial charge in [0.2, 0.25) is 0 Å². The standard InChI is InChI=1S/C20H19NO4/c1-13-3-8-18-17(9-13)20(24)15(10-19(22)23)12-21(18)11-14-4-6-16(25-2)7-5-14/h3-9,12H,10-11H2,1-2H3,(H,22,23). The summed E-state index contributed by atoms with van der Waals surface area (Å²) in [6.45, 7) is 2.45. The quantitative estimate of drug-likeness (QED) is 0.777. The van der Waals surface area contributed by atoms with E-state index in [4.69, 9.17) is 9.84 Å². The van der Waals surface area contributed by atoms with Crippen LogP contribution < -0.4 is 10.2 Å². The van der Waals surface area contributed by atoms with E-state index in [9.17, 15) is 9.59 Å². The van der Waals surface area contributed by atoms with Gasteiger partial charge in [0.15, 0.2) is 5.43 Å². The third kappa shape index (κ3) is 3.55. The second-order valence-electron chi connectivity index (χ2n) is 6.05. The van der Waals surface area contributed by atoms with E-state index in [2.05, 4.69) is 0 Å². The highest BCUT2D eigenvalue weighted by Crippen LogP contribution is 2.18. The first-order chi connectivity index (χ1) is 12.0. The number of aromatic nitrogens is 1.